The average molecular weight is 530 g/mol. The highest BCUT2D eigenvalue weighted by molar-refractivity contribution is 5.95. The number of aliphatic hydroxyl groups is 1. The molecule has 39 heavy (non-hydrogen) atoms. The number of hydrogen-bond donors (Lipinski definition) is 2. The van der Waals surface area contributed by atoms with E-state index in [0.717, 1.165) is 22.6 Å². The molecule has 1 heterocycles. The van der Waals surface area contributed by atoms with Crippen molar-refractivity contribution in [2.45, 2.75) is 64.7 Å². The zero-order valence-electron chi connectivity index (χ0n) is 23.2. The van der Waals surface area contributed by atoms with Gasteiger partial charge in [0.15, 0.2) is 0 Å². The molecular formula is C29H35N7O3. The number of nitrogens with one attached hydrogen (secondary N) is 1. The molecule has 0 spiro atoms. The summed E-state index contributed by atoms with van der Waals surface area (Å²) in [6.07, 6.45) is 1.05. The molecule has 0 fully saturated rings. The molecular weight excluding hydrogens is 494 g/mol. The van der Waals surface area contributed by atoms with E-state index in [1.165, 1.54) is 6.07 Å². The summed E-state index contributed by atoms with van der Waals surface area (Å²) in [5.41, 5.74) is 11.8. The molecule has 2 unspecified atom stereocenters. The molecule has 204 valence electrons. The van der Waals surface area contributed by atoms with Gasteiger partial charge in [-0.05, 0) is 49.6 Å². The minimum absolute atomic E-state index is 0.0871. The Balaban J connectivity index is 1.81. The highest BCUT2D eigenvalue weighted by Crippen LogP contribution is 2.26. The summed E-state index contributed by atoms with van der Waals surface area (Å²) in [4.78, 5) is 20.6. The molecule has 10 nitrogen and oxygen atoms in total. The molecule has 3 aromatic rings. The number of benzene rings is 2. The Bertz CT molecular complexity index is 1390. The lowest BCUT2D eigenvalue weighted by atomic mass is 9.96. The molecule has 2 atom stereocenters. The fourth-order valence-corrected chi connectivity index (χ4v) is 4.27. The van der Waals surface area contributed by atoms with Gasteiger partial charge in [0.05, 0.1) is 36.1 Å². The quantitative estimate of drug-likeness (QED) is 0.214. The van der Waals surface area contributed by atoms with Crippen LogP contribution >= 0.6 is 0 Å². The third-order valence-electron chi connectivity index (χ3n) is 6.09. The standard InChI is InChI=1S/C29H35N7O3/c1-18(2)39-26-12-11-21(14-22(26)15-30)27(38)33-23(25(37)16-32-35-31)13-19-7-9-20(10-8-19)24-17-36(6)28(34-24)29(3,4)5/h7-12,14,17-18,23,25,37H,13,16H2,1-6H3,(H,33,38). The van der Waals surface area contributed by atoms with E-state index in [9.17, 15) is 15.2 Å². The minimum Gasteiger partial charge on any atom is -0.490 e. The van der Waals surface area contributed by atoms with Gasteiger partial charge in [0, 0.05) is 34.7 Å². The van der Waals surface area contributed by atoms with Crippen LogP contribution < -0.4 is 10.1 Å². The molecule has 0 aliphatic rings. The Labute approximate surface area is 228 Å². The normalized spacial score (nSPS) is 12.8. The van der Waals surface area contributed by atoms with Crippen LogP contribution in [0.5, 0.6) is 5.75 Å². The first-order chi connectivity index (χ1) is 18.4. The Morgan fingerprint density at radius 1 is 1.26 bits per heavy atom. The number of nitriles is 1. The summed E-state index contributed by atoms with van der Waals surface area (Å²) in [6.45, 7) is 9.86. The number of carbonyl (C=O) groups is 1. The van der Waals surface area contributed by atoms with Crippen molar-refractivity contribution < 1.29 is 14.6 Å². The predicted molar refractivity (Wildman–Crippen MR) is 149 cm³/mol. The van der Waals surface area contributed by atoms with Gasteiger partial charge in [-0.15, -0.1) is 0 Å². The van der Waals surface area contributed by atoms with Gasteiger partial charge in [-0.3, -0.25) is 4.79 Å². The minimum atomic E-state index is -1.12. The number of aliphatic hydroxyl groups excluding tert-OH is 1. The highest BCUT2D eigenvalue weighted by atomic mass is 16.5. The van der Waals surface area contributed by atoms with Crippen LogP contribution in [0.15, 0.2) is 53.8 Å². The molecule has 10 heteroatoms. The maximum absolute atomic E-state index is 13.1. The number of aryl methyl sites for hydroxylation is 1. The number of nitrogens with zero attached hydrogens (tertiary/aromatic N) is 6. The molecule has 0 radical (unpaired) electrons. The lowest BCUT2D eigenvalue weighted by molar-refractivity contribution is 0.0845. The van der Waals surface area contributed by atoms with Gasteiger partial charge >= 0.3 is 0 Å². The van der Waals surface area contributed by atoms with Gasteiger partial charge in [0.1, 0.15) is 17.6 Å². The van der Waals surface area contributed by atoms with E-state index in [4.69, 9.17) is 15.3 Å². The Morgan fingerprint density at radius 3 is 2.51 bits per heavy atom. The number of aromatic nitrogens is 2. The van der Waals surface area contributed by atoms with Crippen LogP contribution in [0.25, 0.3) is 21.7 Å². The number of amides is 1. The van der Waals surface area contributed by atoms with Crippen molar-refractivity contribution in [2.24, 2.45) is 12.2 Å². The number of azide groups is 1. The second-order valence-electron chi connectivity index (χ2n) is 10.8. The Morgan fingerprint density at radius 2 is 1.95 bits per heavy atom. The molecule has 0 aliphatic heterocycles. The maximum Gasteiger partial charge on any atom is 0.251 e. The second kappa shape index (κ2) is 12.5. The molecule has 2 aromatic carbocycles. The van der Waals surface area contributed by atoms with Crippen LogP contribution in [-0.2, 0) is 18.9 Å². The Kier molecular flexibility index (Phi) is 9.36. The van der Waals surface area contributed by atoms with Gasteiger partial charge in [0.25, 0.3) is 5.91 Å². The lowest BCUT2D eigenvalue weighted by Crippen LogP contribution is -2.46. The second-order valence-corrected chi connectivity index (χ2v) is 10.8. The van der Waals surface area contributed by atoms with Crippen LogP contribution in [-0.4, -0.2) is 45.4 Å². The molecule has 1 aromatic heterocycles. The van der Waals surface area contributed by atoms with Gasteiger partial charge < -0.3 is 19.7 Å². The highest BCUT2D eigenvalue weighted by Gasteiger charge is 2.24. The SMILES string of the molecule is CC(C)Oc1ccc(C(=O)NC(Cc2ccc(-c3cn(C)c(C(C)(C)C)n3)cc2)C(O)CN=[N+]=[N-])cc1C#N. The first-order valence-corrected chi connectivity index (χ1v) is 12.8. The van der Waals surface area contributed by atoms with Crippen molar-refractivity contribution in [3.8, 4) is 23.1 Å². The van der Waals surface area contributed by atoms with E-state index in [1.54, 1.807) is 12.1 Å². The van der Waals surface area contributed by atoms with Gasteiger partial charge in [-0.1, -0.05) is 50.2 Å². The van der Waals surface area contributed by atoms with E-state index < -0.39 is 18.1 Å². The summed E-state index contributed by atoms with van der Waals surface area (Å²) >= 11 is 0. The van der Waals surface area contributed by atoms with Crippen molar-refractivity contribution >= 4 is 5.91 Å². The summed E-state index contributed by atoms with van der Waals surface area (Å²) in [5.74, 6) is 0.910. The Hall–Kier alpha value is -4.32. The monoisotopic (exact) mass is 529 g/mol. The number of ether oxygens (including phenoxy) is 1. The van der Waals surface area contributed by atoms with E-state index in [2.05, 4.69) is 42.2 Å². The summed E-state index contributed by atoms with van der Waals surface area (Å²) in [7, 11) is 1.98. The molecule has 2 N–H and O–H groups in total. The average Bonchev–Trinajstić information content (AvgIpc) is 3.29. The molecule has 0 saturated carbocycles. The third-order valence-corrected chi connectivity index (χ3v) is 6.09. The first kappa shape index (κ1) is 29.2. The van der Waals surface area contributed by atoms with E-state index in [0.29, 0.717) is 12.2 Å². The summed E-state index contributed by atoms with van der Waals surface area (Å²) < 4.78 is 7.66. The van der Waals surface area contributed by atoms with Crippen LogP contribution in [0.2, 0.25) is 0 Å². The van der Waals surface area contributed by atoms with Crippen molar-refractivity contribution in [1.29, 1.82) is 5.26 Å². The van der Waals surface area contributed by atoms with Crippen LogP contribution in [0.4, 0.5) is 0 Å². The topological polar surface area (TPSA) is 149 Å². The van der Waals surface area contributed by atoms with Crippen molar-refractivity contribution in [3.05, 3.63) is 81.6 Å². The first-order valence-electron chi connectivity index (χ1n) is 12.8. The van der Waals surface area contributed by atoms with Crippen LogP contribution in [0, 0.1) is 11.3 Å². The fraction of sp³-hybridized carbons (Fsp3) is 0.414. The smallest absolute Gasteiger partial charge is 0.251 e. The molecule has 0 aliphatic carbocycles. The number of rotatable bonds is 10. The molecule has 1 amide bonds. The van der Waals surface area contributed by atoms with Gasteiger partial charge in [0.2, 0.25) is 0 Å². The van der Waals surface area contributed by atoms with Crippen molar-refractivity contribution in [1.82, 2.24) is 14.9 Å². The molecule has 0 saturated heterocycles. The van der Waals surface area contributed by atoms with Gasteiger partial charge in [-0.2, -0.15) is 5.26 Å². The largest absolute Gasteiger partial charge is 0.490 e. The van der Waals surface area contributed by atoms with Gasteiger partial charge in [-0.25, -0.2) is 4.98 Å². The van der Waals surface area contributed by atoms with E-state index in [1.807, 2.05) is 55.9 Å². The van der Waals surface area contributed by atoms with Crippen LogP contribution in [0.1, 0.15) is 61.9 Å². The molecule has 0 bridgehead atoms. The number of hydrogen-bond acceptors (Lipinski definition) is 6. The third kappa shape index (κ3) is 7.60. The summed E-state index contributed by atoms with van der Waals surface area (Å²) in [5, 5.41) is 26.5. The van der Waals surface area contributed by atoms with E-state index >= 15 is 0 Å². The number of imidazole rings is 1. The lowest BCUT2D eigenvalue weighted by Gasteiger charge is -2.23. The fourth-order valence-electron chi connectivity index (χ4n) is 4.27. The molecule has 3 rings (SSSR count). The number of carbonyl (C=O) groups excluding carboxylic acids is 1. The van der Waals surface area contributed by atoms with Crippen LogP contribution in [0.3, 0.4) is 0 Å². The summed E-state index contributed by atoms with van der Waals surface area (Å²) in [6, 6.07) is 13.7. The maximum atomic E-state index is 13.1. The van der Waals surface area contributed by atoms with E-state index in [-0.39, 0.29) is 29.2 Å². The zero-order chi connectivity index (χ0) is 28.7. The predicted octanol–water partition coefficient (Wildman–Crippen LogP) is 5.06. The zero-order valence-corrected chi connectivity index (χ0v) is 23.2. The van der Waals surface area contributed by atoms with Crippen molar-refractivity contribution in [3.63, 3.8) is 0 Å². The van der Waals surface area contributed by atoms with Crippen molar-refractivity contribution in [2.75, 3.05) is 6.54 Å².